The van der Waals surface area contributed by atoms with Crippen LogP contribution < -0.4 is 0 Å². The van der Waals surface area contributed by atoms with Crippen molar-refractivity contribution in [2.45, 2.75) is 0 Å². The van der Waals surface area contributed by atoms with Gasteiger partial charge in [-0.2, -0.15) is 0 Å². The zero-order chi connectivity index (χ0) is 9.38. The molecule has 0 aliphatic rings. The number of para-hydroxylation sites is 2. The lowest BCUT2D eigenvalue weighted by Crippen LogP contribution is -1.80. The Bertz CT molecular complexity index is 499. The van der Waals surface area contributed by atoms with Crippen LogP contribution in [0.15, 0.2) is 54.6 Å². The van der Waals surface area contributed by atoms with Crippen molar-refractivity contribution in [2.75, 3.05) is 0 Å². The number of rotatable bonds is 0. The first kappa shape index (κ1) is 9.62. The maximum absolute atomic E-state index is 4.58. The summed E-state index contributed by atoms with van der Waals surface area (Å²) in [7, 11) is 0. The Labute approximate surface area is 87.5 Å². The highest BCUT2D eigenvalue weighted by molar-refractivity contribution is 5.92. The van der Waals surface area contributed by atoms with Crippen LogP contribution in [0, 0.1) is 0 Å². The summed E-state index contributed by atoms with van der Waals surface area (Å²) in [5.74, 6) is 0. The monoisotopic (exact) mass is 197 g/mol. The summed E-state index contributed by atoms with van der Waals surface area (Å²) in [4.78, 5) is 4.58. The van der Waals surface area contributed by atoms with E-state index >= 15 is 0 Å². The van der Waals surface area contributed by atoms with Crippen LogP contribution in [0.3, 0.4) is 0 Å². The Morgan fingerprint density at radius 3 is 1.67 bits per heavy atom. The first-order valence-corrected chi connectivity index (χ1v) is 4.68. The summed E-state index contributed by atoms with van der Waals surface area (Å²) >= 11 is 0. The SMILES string of the molecule is O.c1ccc2nc3ccccc3cc2c1. The van der Waals surface area contributed by atoms with E-state index in [0.29, 0.717) is 0 Å². The first-order chi connectivity index (χ1) is 6.93. The lowest BCUT2D eigenvalue weighted by atomic mass is 10.1. The average molecular weight is 197 g/mol. The quantitative estimate of drug-likeness (QED) is 0.511. The van der Waals surface area contributed by atoms with Crippen molar-refractivity contribution in [2.24, 2.45) is 0 Å². The second kappa shape index (κ2) is 3.67. The van der Waals surface area contributed by atoms with E-state index in [-0.39, 0.29) is 5.48 Å². The zero-order valence-electron chi connectivity index (χ0n) is 8.14. The molecule has 0 saturated heterocycles. The third kappa shape index (κ3) is 1.55. The fourth-order valence-corrected chi connectivity index (χ4v) is 1.72. The summed E-state index contributed by atoms with van der Waals surface area (Å²) in [6, 6.07) is 18.6. The van der Waals surface area contributed by atoms with Gasteiger partial charge in [0.15, 0.2) is 0 Å². The first-order valence-electron chi connectivity index (χ1n) is 4.68. The topological polar surface area (TPSA) is 44.4 Å². The minimum atomic E-state index is 0. The van der Waals surface area contributed by atoms with Gasteiger partial charge >= 0.3 is 0 Å². The highest BCUT2D eigenvalue weighted by atomic mass is 16.0. The van der Waals surface area contributed by atoms with Crippen LogP contribution in [0.5, 0.6) is 0 Å². The fraction of sp³-hybridized carbons (Fsp3) is 0. The summed E-state index contributed by atoms with van der Waals surface area (Å²) in [5.41, 5.74) is 2.12. The normalized spacial score (nSPS) is 10.1. The van der Waals surface area contributed by atoms with Crippen LogP contribution in [0.25, 0.3) is 21.8 Å². The molecule has 0 radical (unpaired) electrons. The van der Waals surface area contributed by atoms with Crippen molar-refractivity contribution >= 4 is 21.8 Å². The van der Waals surface area contributed by atoms with Gasteiger partial charge in [-0.05, 0) is 18.2 Å². The molecule has 2 N–H and O–H groups in total. The molecular formula is C13H11NO. The predicted molar refractivity (Wildman–Crippen MR) is 62.9 cm³/mol. The molecule has 0 aliphatic heterocycles. The van der Waals surface area contributed by atoms with Gasteiger partial charge in [0, 0.05) is 10.8 Å². The number of fused-ring (bicyclic) bond motifs is 2. The molecule has 1 heterocycles. The third-order valence-electron chi connectivity index (χ3n) is 2.43. The largest absolute Gasteiger partial charge is 0.412 e. The second-order valence-electron chi connectivity index (χ2n) is 3.37. The van der Waals surface area contributed by atoms with Gasteiger partial charge in [0.1, 0.15) is 0 Å². The lowest BCUT2D eigenvalue weighted by molar-refractivity contribution is 0.824. The van der Waals surface area contributed by atoms with Crippen LogP contribution in [-0.4, -0.2) is 10.5 Å². The molecular weight excluding hydrogens is 186 g/mol. The molecule has 0 fully saturated rings. The molecule has 15 heavy (non-hydrogen) atoms. The molecule has 0 saturated carbocycles. The molecule has 0 aliphatic carbocycles. The van der Waals surface area contributed by atoms with Gasteiger partial charge in [0.2, 0.25) is 0 Å². The molecule has 74 valence electrons. The van der Waals surface area contributed by atoms with Gasteiger partial charge in [0.05, 0.1) is 11.0 Å². The van der Waals surface area contributed by atoms with Crippen molar-refractivity contribution in [3.8, 4) is 0 Å². The van der Waals surface area contributed by atoms with Crippen LogP contribution in [-0.2, 0) is 0 Å². The second-order valence-corrected chi connectivity index (χ2v) is 3.37. The summed E-state index contributed by atoms with van der Waals surface area (Å²) in [6.45, 7) is 0. The van der Waals surface area contributed by atoms with Gasteiger partial charge in [-0.15, -0.1) is 0 Å². The number of hydrogen-bond acceptors (Lipinski definition) is 1. The lowest BCUT2D eigenvalue weighted by Gasteiger charge is -1.99. The van der Waals surface area contributed by atoms with E-state index in [1.807, 2.05) is 36.4 Å². The van der Waals surface area contributed by atoms with Crippen molar-refractivity contribution < 1.29 is 5.48 Å². The molecule has 1 aromatic heterocycles. The molecule has 0 amide bonds. The fourth-order valence-electron chi connectivity index (χ4n) is 1.72. The zero-order valence-corrected chi connectivity index (χ0v) is 8.14. The van der Waals surface area contributed by atoms with E-state index in [1.54, 1.807) is 0 Å². The third-order valence-corrected chi connectivity index (χ3v) is 2.43. The number of pyridine rings is 1. The van der Waals surface area contributed by atoms with Crippen LogP contribution >= 0.6 is 0 Å². The minimum Gasteiger partial charge on any atom is -0.412 e. The van der Waals surface area contributed by atoms with Crippen LogP contribution in [0.4, 0.5) is 0 Å². The summed E-state index contributed by atoms with van der Waals surface area (Å²) in [5, 5.41) is 2.40. The molecule has 2 nitrogen and oxygen atoms in total. The van der Waals surface area contributed by atoms with Gasteiger partial charge in [-0.3, -0.25) is 0 Å². The number of nitrogens with zero attached hydrogens (tertiary/aromatic N) is 1. The standard InChI is InChI=1S/C13H9N.H2O/c1-3-7-12-10(5-1)9-11-6-2-4-8-13(11)14-12;/h1-9H;1H2. The summed E-state index contributed by atoms with van der Waals surface area (Å²) < 4.78 is 0. The van der Waals surface area contributed by atoms with Crippen molar-refractivity contribution in [3.63, 3.8) is 0 Å². The van der Waals surface area contributed by atoms with E-state index in [1.165, 1.54) is 10.8 Å². The maximum Gasteiger partial charge on any atom is 0.0709 e. The van der Waals surface area contributed by atoms with Gasteiger partial charge in [-0.1, -0.05) is 36.4 Å². The van der Waals surface area contributed by atoms with Gasteiger partial charge in [-0.25, -0.2) is 4.98 Å². The highest BCUT2D eigenvalue weighted by Gasteiger charge is 1.96. The molecule has 0 spiro atoms. The molecule has 0 atom stereocenters. The minimum absolute atomic E-state index is 0. The Kier molecular flexibility index (Phi) is 2.35. The maximum atomic E-state index is 4.58. The molecule has 2 aromatic carbocycles. The Morgan fingerprint density at radius 2 is 1.13 bits per heavy atom. The van der Waals surface area contributed by atoms with Crippen molar-refractivity contribution in [1.29, 1.82) is 0 Å². The predicted octanol–water partition coefficient (Wildman–Crippen LogP) is 2.56. The van der Waals surface area contributed by atoms with E-state index in [2.05, 4.69) is 23.2 Å². The smallest absolute Gasteiger partial charge is 0.0709 e. The molecule has 0 unspecified atom stereocenters. The van der Waals surface area contributed by atoms with E-state index in [4.69, 9.17) is 0 Å². The van der Waals surface area contributed by atoms with E-state index in [9.17, 15) is 0 Å². The van der Waals surface area contributed by atoms with Crippen LogP contribution in [0.2, 0.25) is 0 Å². The highest BCUT2D eigenvalue weighted by Crippen LogP contribution is 2.18. The molecule has 3 aromatic rings. The molecule has 2 heteroatoms. The number of benzene rings is 2. The van der Waals surface area contributed by atoms with Gasteiger partial charge in [0.25, 0.3) is 0 Å². The van der Waals surface area contributed by atoms with E-state index < -0.39 is 0 Å². The van der Waals surface area contributed by atoms with Crippen molar-refractivity contribution in [3.05, 3.63) is 54.6 Å². The van der Waals surface area contributed by atoms with E-state index in [0.717, 1.165) is 11.0 Å². The van der Waals surface area contributed by atoms with Gasteiger partial charge < -0.3 is 5.48 Å². The Morgan fingerprint density at radius 1 is 0.667 bits per heavy atom. The number of aromatic nitrogens is 1. The molecule has 3 rings (SSSR count). The Hall–Kier alpha value is -1.93. The summed E-state index contributed by atoms with van der Waals surface area (Å²) in [6.07, 6.45) is 0. The Balaban J connectivity index is 0.000000853. The van der Waals surface area contributed by atoms with Crippen LogP contribution in [0.1, 0.15) is 0 Å². The van der Waals surface area contributed by atoms with Crippen molar-refractivity contribution in [1.82, 2.24) is 4.98 Å². The molecule has 0 bridgehead atoms. The average Bonchev–Trinajstić information content (AvgIpc) is 2.26. The number of hydrogen-bond donors (Lipinski definition) is 0.